The van der Waals surface area contributed by atoms with E-state index in [1.165, 1.54) is 7.11 Å². The summed E-state index contributed by atoms with van der Waals surface area (Å²) >= 11 is 0. The zero-order chi connectivity index (χ0) is 11.5. The molecule has 1 aromatic carbocycles. The summed E-state index contributed by atoms with van der Waals surface area (Å²) in [6.45, 7) is 0.368. The maximum absolute atomic E-state index is 11.4. The Kier molecular flexibility index (Phi) is 2.99. The Hall–Kier alpha value is -1.71. The summed E-state index contributed by atoms with van der Waals surface area (Å²) in [5.41, 5.74) is 1.02. The highest BCUT2D eigenvalue weighted by atomic mass is 16.5. The lowest BCUT2D eigenvalue weighted by Gasteiger charge is -2.23. The molecule has 1 heterocycles. The minimum Gasteiger partial charge on any atom is -0.497 e. The molecule has 1 aromatic rings. The van der Waals surface area contributed by atoms with Crippen LogP contribution in [0.2, 0.25) is 0 Å². The van der Waals surface area contributed by atoms with Crippen LogP contribution in [0.1, 0.15) is 5.56 Å². The second kappa shape index (κ2) is 4.43. The fourth-order valence-electron chi connectivity index (χ4n) is 1.80. The second-order valence-corrected chi connectivity index (χ2v) is 3.71. The number of hydrogen-bond acceptors (Lipinski definition) is 4. The fourth-order valence-corrected chi connectivity index (χ4v) is 1.80. The third-order valence-corrected chi connectivity index (χ3v) is 2.72. The van der Waals surface area contributed by atoms with E-state index in [-0.39, 0.29) is 11.9 Å². The highest BCUT2D eigenvalue weighted by molar-refractivity contribution is 5.73. The van der Waals surface area contributed by atoms with Crippen molar-refractivity contribution in [3.63, 3.8) is 0 Å². The Balaban J connectivity index is 2.18. The number of benzene rings is 1. The maximum atomic E-state index is 11.4. The lowest BCUT2D eigenvalue weighted by molar-refractivity contribution is -0.146. The summed E-state index contributed by atoms with van der Waals surface area (Å²) in [7, 11) is 3.01. The van der Waals surface area contributed by atoms with Crippen molar-refractivity contribution in [1.82, 2.24) is 0 Å². The van der Waals surface area contributed by atoms with Crippen LogP contribution in [0.3, 0.4) is 0 Å². The third-order valence-electron chi connectivity index (χ3n) is 2.72. The monoisotopic (exact) mass is 222 g/mol. The molecule has 16 heavy (non-hydrogen) atoms. The van der Waals surface area contributed by atoms with E-state index in [1.807, 2.05) is 18.2 Å². The van der Waals surface area contributed by atoms with Gasteiger partial charge in [0.05, 0.1) is 20.1 Å². The number of ether oxygens (including phenoxy) is 3. The predicted molar refractivity (Wildman–Crippen MR) is 57.7 cm³/mol. The van der Waals surface area contributed by atoms with Crippen LogP contribution in [-0.2, 0) is 16.0 Å². The molecule has 0 bridgehead atoms. The zero-order valence-electron chi connectivity index (χ0n) is 9.36. The molecule has 4 heteroatoms. The van der Waals surface area contributed by atoms with Crippen molar-refractivity contribution >= 4 is 5.97 Å². The molecule has 0 unspecified atom stereocenters. The minimum atomic E-state index is -0.221. The van der Waals surface area contributed by atoms with Crippen LogP contribution in [0.15, 0.2) is 18.2 Å². The average Bonchev–Trinajstić information content (AvgIpc) is 2.36. The van der Waals surface area contributed by atoms with Gasteiger partial charge in [0.25, 0.3) is 0 Å². The Bertz CT molecular complexity index is 400. The third kappa shape index (κ3) is 1.96. The van der Waals surface area contributed by atoms with Crippen molar-refractivity contribution in [1.29, 1.82) is 0 Å². The van der Waals surface area contributed by atoms with Crippen molar-refractivity contribution in [2.75, 3.05) is 20.8 Å². The van der Waals surface area contributed by atoms with Gasteiger partial charge in [0.2, 0.25) is 0 Å². The normalized spacial score (nSPS) is 18.2. The fraction of sp³-hybridized carbons (Fsp3) is 0.417. The van der Waals surface area contributed by atoms with E-state index >= 15 is 0 Å². The van der Waals surface area contributed by atoms with Gasteiger partial charge in [0.1, 0.15) is 18.1 Å². The molecule has 0 fully saturated rings. The van der Waals surface area contributed by atoms with Gasteiger partial charge in [-0.1, -0.05) is 6.07 Å². The van der Waals surface area contributed by atoms with Gasteiger partial charge < -0.3 is 14.2 Å². The number of hydrogen-bond donors (Lipinski definition) is 0. The number of rotatable bonds is 2. The molecule has 0 spiro atoms. The highest BCUT2D eigenvalue weighted by Gasteiger charge is 2.26. The first-order valence-corrected chi connectivity index (χ1v) is 5.12. The number of fused-ring (bicyclic) bond motifs is 1. The molecule has 0 amide bonds. The van der Waals surface area contributed by atoms with E-state index in [9.17, 15) is 4.79 Å². The molecule has 0 saturated heterocycles. The minimum absolute atomic E-state index is 0.203. The summed E-state index contributed by atoms with van der Waals surface area (Å²) in [5, 5.41) is 0. The van der Waals surface area contributed by atoms with Crippen molar-refractivity contribution in [2.24, 2.45) is 5.92 Å². The Morgan fingerprint density at radius 1 is 1.44 bits per heavy atom. The highest BCUT2D eigenvalue weighted by Crippen LogP contribution is 2.31. The van der Waals surface area contributed by atoms with E-state index in [1.54, 1.807) is 7.11 Å². The second-order valence-electron chi connectivity index (χ2n) is 3.71. The number of methoxy groups -OCH3 is 2. The van der Waals surface area contributed by atoms with Crippen LogP contribution in [0.25, 0.3) is 0 Å². The van der Waals surface area contributed by atoms with Gasteiger partial charge in [-0.05, 0) is 18.1 Å². The summed E-state index contributed by atoms with van der Waals surface area (Å²) in [6.07, 6.45) is 0.659. The van der Waals surface area contributed by atoms with Crippen LogP contribution < -0.4 is 9.47 Å². The number of carbonyl (C=O) groups is 1. The van der Waals surface area contributed by atoms with Crippen molar-refractivity contribution < 1.29 is 19.0 Å². The van der Waals surface area contributed by atoms with E-state index in [0.29, 0.717) is 13.0 Å². The Morgan fingerprint density at radius 3 is 2.94 bits per heavy atom. The van der Waals surface area contributed by atoms with E-state index in [4.69, 9.17) is 14.2 Å². The molecule has 0 saturated carbocycles. The summed E-state index contributed by atoms with van der Waals surface area (Å²) in [5.74, 6) is 1.13. The quantitative estimate of drug-likeness (QED) is 0.710. The van der Waals surface area contributed by atoms with E-state index in [0.717, 1.165) is 17.1 Å². The molecule has 0 aromatic heterocycles. The molecule has 1 aliphatic rings. The van der Waals surface area contributed by atoms with Crippen LogP contribution >= 0.6 is 0 Å². The molecule has 1 atom stereocenters. The SMILES string of the molecule is COC(=O)[C@H]1COc2cc(OC)ccc2C1. The topological polar surface area (TPSA) is 44.8 Å². The summed E-state index contributed by atoms with van der Waals surface area (Å²) in [6, 6.07) is 5.62. The first kappa shape index (κ1) is 10.8. The predicted octanol–water partition coefficient (Wildman–Crippen LogP) is 1.42. The van der Waals surface area contributed by atoms with Crippen molar-refractivity contribution in [3.05, 3.63) is 23.8 Å². The number of esters is 1. The molecular weight excluding hydrogens is 208 g/mol. The summed E-state index contributed by atoms with van der Waals surface area (Å²) < 4.78 is 15.3. The molecule has 0 aliphatic carbocycles. The smallest absolute Gasteiger partial charge is 0.312 e. The molecule has 1 aliphatic heterocycles. The van der Waals surface area contributed by atoms with Gasteiger partial charge in [-0.25, -0.2) is 0 Å². The van der Waals surface area contributed by atoms with Crippen LogP contribution in [0.5, 0.6) is 11.5 Å². The summed E-state index contributed by atoms with van der Waals surface area (Å²) in [4.78, 5) is 11.4. The Morgan fingerprint density at radius 2 is 2.25 bits per heavy atom. The van der Waals surface area contributed by atoms with Gasteiger partial charge in [0.15, 0.2) is 0 Å². The largest absolute Gasteiger partial charge is 0.497 e. The number of carbonyl (C=O) groups excluding carboxylic acids is 1. The first-order valence-electron chi connectivity index (χ1n) is 5.12. The van der Waals surface area contributed by atoms with Gasteiger partial charge in [-0.3, -0.25) is 4.79 Å². The molecular formula is C12H14O4. The van der Waals surface area contributed by atoms with Crippen LogP contribution in [-0.4, -0.2) is 26.8 Å². The molecule has 0 radical (unpaired) electrons. The van der Waals surface area contributed by atoms with Gasteiger partial charge in [-0.15, -0.1) is 0 Å². The lowest BCUT2D eigenvalue weighted by Crippen LogP contribution is -2.29. The maximum Gasteiger partial charge on any atom is 0.312 e. The van der Waals surface area contributed by atoms with Crippen molar-refractivity contribution in [2.45, 2.75) is 6.42 Å². The van der Waals surface area contributed by atoms with Crippen LogP contribution in [0, 0.1) is 5.92 Å². The van der Waals surface area contributed by atoms with E-state index < -0.39 is 0 Å². The molecule has 0 N–H and O–H groups in total. The van der Waals surface area contributed by atoms with E-state index in [2.05, 4.69) is 0 Å². The van der Waals surface area contributed by atoms with Gasteiger partial charge >= 0.3 is 5.97 Å². The average molecular weight is 222 g/mol. The van der Waals surface area contributed by atoms with Crippen molar-refractivity contribution in [3.8, 4) is 11.5 Å². The zero-order valence-corrected chi connectivity index (χ0v) is 9.36. The lowest BCUT2D eigenvalue weighted by atomic mass is 9.97. The Labute approximate surface area is 94.1 Å². The standard InChI is InChI=1S/C12H14O4/c1-14-10-4-3-8-5-9(12(13)15-2)7-16-11(8)6-10/h3-4,6,9H,5,7H2,1-2H3/t9-/m1/s1. The molecule has 4 nitrogen and oxygen atoms in total. The first-order chi connectivity index (χ1) is 7.74. The van der Waals surface area contributed by atoms with Gasteiger partial charge in [-0.2, -0.15) is 0 Å². The molecule has 2 rings (SSSR count). The van der Waals surface area contributed by atoms with Gasteiger partial charge in [0, 0.05) is 6.07 Å². The van der Waals surface area contributed by atoms with Crippen LogP contribution in [0.4, 0.5) is 0 Å². The molecule has 86 valence electrons.